The molecule has 1 saturated heterocycles. The Kier molecular flexibility index (Phi) is 7.25. The summed E-state index contributed by atoms with van der Waals surface area (Å²) in [6, 6.07) is 24.2. The molecule has 0 bridgehead atoms. The first-order valence-corrected chi connectivity index (χ1v) is 15.7. The molecule has 228 valence electrons. The lowest BCUT2D eigenvalue weighted by molar-refractivity contribution is 0.0851. The molecule has 8 heteroatoms. The summed E-state index contributed by atoms with van der Waals surface area (Å²) in [7, 11) is 2.25. The average Bonchev–Trinajstić information content (AvgIpc) is 3.43. The second kappa shape index (κ2) is 11.3. The fraction of sp³-hybridized carbons (Fsp3) is 0.297. The molecule has 45 heavy (non-hydrogen) atoms. The van der Waals surface area contributed by atoms with Crippen molar-refractivity contribution in [2.45, 2.75) is 65.0 Å². The van der Waals surface area contributed by atoms with Crippen molar-refractivity contribution in [3.05, 3.63) is 96.1 Å². The number of aromatic amines is 1. The molecule has 3 atom stereocenters. The Morgan fingerprint density at radius 2 is 1.53 bits per heavy atom. The zero-order chi connectivity index (χ0) is 31.3. The van der Waals surface area contributed by atoms with E-state index >= 15 is 0 Å². The average molecular weight is 597 g/mol. The van der Waals surface area contributed by atoms with Crippen LogP contribution in [0.15, 0.2) is 79.1 Å². The Morgan fingerprint density at radius 1 is 0.778 bits per heavy atom. The monoisotopic (exact) mass is 596 g/mol. The van der Waals surface area contributed by atoms with Gasteiger partial charge in [-0.1, -0.05) is 13.0 Å². The van der Waals surface area contributed by atoms with Gasteiger partial charge in [0.2, 0.25) is 0 Å². The molecule has 2 aromatic carbocycles. The molecule has 0 saturated carbocycles. The molecule has 1 aliphatic rings. The van der Waals surface area contributed by atoms with Crippen LogP contribution in [-0.2, 0) is 5.41 Å². The van der Waals surface area contributed by atoms with Crippen LogP contribution in [0.1, 0.15) is 50.6 Å². The van der Waals surface area contributed by atoms with Gasteiger partial charge in [0, 0.05) is 52.1 Å². The molecule has 0 radical (unpaired) electrons. The molecule has 0 aliphatic carbocycles. The van der Waals surface area contributed by atoms with Gasteiger partial charge in [0.05, 0.1) is 28.4 Å². The molecule has 3 N–H and O–H groups in total. The summed E-state index contributed by atoms with van der Waals surface area (Å²) >= 11 is 0. The highest BCUT2D eigenvalue weighted by Crippen LogP contribution is 2.42. The first-order valence-electron chi connectivity index (χ1n) is 15.7. The van der Waals surface area contributed by atoms with Crippen LogP contribution in [0.5, 0.6) is 0 Å². The zero-order valence-electron chi connectivity index (χ0n) is 26.8. The van der Waals surface area contributed by atoms with Crippen molar-refractivity contribution in [1.29, 1.82) is 0 Å². The first-order chi connectivity index (χ1) is 21.6. The van der Waals surface area contributed by atoms with Crippen LogP contribution in [-0.4, -0.2) is 49.0 Å². The van der Waals surface area contributed by atoms with Crippen LogP contribution >= 0.6 is 0 Å². The fourth-order valence-corrected chi connectivity index (χ4v) is 6.94. The van der Waals surface area contributed by atoms with Crippen molar-refractivity contribution >= 4 is 44.7 Å². The van der Waals surface area contributed by atoms with E-state index in [1.54, 1.807) is 0 Å². The molecule has 1 fully saturated rings. The van der Waals surface area contributed by atoms with E-state index in [0.29, 0.717) is 12.1 Å². The number of aryl methyl sites for hydroxylation is 2. The van der Waals surface area contributed by atoms with E-state index in [4.69, 9.17) is 15.0 Å². The van der Waals surface area contributed by atoms with Crippen LogP contribution in [0.4, 0.5) is 22.7 Å². The van der Waals surface area contributed by atoms with Gasteiger partial charge >= 0.3 is 0 Å². The number of nitrogens with zero attached hydrogens (tertiary/aromatic N) is 5. The van der Waals surface area contributed by atoms with Gasteiger partial charge in [-0.15, -0.1) is 0 Å². The maximum absolute atomic E-state index is 4.85. The summed E-state index contributed by atoms with van der Waals surface area (Å²) in [4.78, 5) is 24.6. The number of H-pyrrole nitrogens is 1. The third kappa shape index (κ3) is 5.73. The third-order valence-corrected chi connectivity index (χ3v) is 9.47. The molecular formula is C37H40N8. The second-order valence-electron chi connectivity index (χ2n) is 13.1. The normalized spacial score (nSPS) is 20.5. The van der Waals surface area contributed by atoms with Gasteiger partial charge in [-0.3, -0.25) is 15.0 Å². The summed E-state index contributed by atoms with van der Waals surface area (Å²) in [5.41, 5.74) is 11.0. The quantitative estimate of drug-likeness (QED) is 0.178. The summed E-state index contributed by atoms with van der Waals surface area (Å²) in [6.07, 6.45) is 5.95. The highest BCUT2D eigenvalue weighted by atomic mass is 15.2. The van der Waals surface area contributed by atoms with Gasteiger partial charge in [0.1, 0.15) is 5.69 Å². The summed E-state index contributed by atoms with van der Waals surface area (Å²) in [5.74, 6) is 0.734. The molecule has 0 unspecified atom stereocenters. The standard InChI is InChI=1S/C37H40N8/c1-22-15-28(13-14-38-22)41-27-8-11-32-35(18-27)44-36(43-32)33-12-9-29(21-39-33)42-34-16-23(2)40-31-10-7-26(17-30(31)34)37(5)19-24(3)45(6)25(4)20-37/h7-18,21,24-25H,19-20H2,1-6H3,(H,38,41)(H,40,42)(H,43,44)/t24-,25+,37-. The maximum Gasteiger partial charge on any atom is 0.157 e. The Labute approximate surface area is 264 Å². The lowest BCUT2D eigenvalue weighted by Crippen LogP contribution is -2.49. The number of rotatable bonds is 6. The van der Waals surface area contributed by atoms with E-state index < -0.39 is 0 Å². The molecule has 6 aromatic rings. The van der Waals surface area contributed by atoms with Crippen molar-refractivity contribution in [3.8, 4) is 11.5 Å². The summed E-state index contributed by atoms with van der Waals surface area (Å²) in [6.45, 7) is 11.1. The number of hydrogen-bond donors (Lipinski definition) is 3. The first kappa shape index (κ1) is 28.9. The van der Waals surface area contributed by atoms with Crippen LogP contribution in [0.3, 0.4) is 0 Å². The van der Waals surface area contributed by atoms with E-state index in [1.807, 2.05) is 56.6 Å². The number of nitrogens with one attached hydrogen (secondary N) is 3. The van der Waals surface area contributed by atoms with Crippen LogP contribution < -0.4 is 10.6 Å². The third-order valence-electron chi connectivity index (χ3n) is 9.47. The van der Waals surface area contributed by atoms with Gasteiger partial charge in [-0.25, -0.2) is 4.98 Å². The Bertz CT molecular complexity index is 2000. The Balaban J connectivity index is 1.14. The molecular weight excluding hydrogens is 556 g/mol. The van der Waals surface area contributed by atoms with Crippen molar-refractivity contribution in [2.75, 3.05) is 17.7 Å². The SMILES string of the molecule is Cc1cc(Nc2ccc3nc(-c4ccc(Nc5cc(C)nc6ccc([C@]7(C)C[C@@H](C)N(C)[C@@H](C)C7)cc56)cn4)[nH]c3c2)ccn1. The van der Waals surface area contributed by atoms with E-state index in [-0.39, 0.29) is 5.41 Å². The van der Waals surface area contributed by atoms with E-state index in [0.717, 1.165) is 80.4 Å². The predicted molar refractivity (Wildman–Crippen MR) is 185 cm³/mol. The van der Waals surface area contributed by atoms with Crippen molar-refractivity contribution in [2.24, 2.45) is 0 Å². The van der Waals surface area contributed by atoms with Gasteiger partial charge in [-0.05, 0) is 119 Å². The molecule has 0 spiro atoms. The van der Waals surface area contributed by atoms with Crippen LogP contribution in [0, 0.1) is 13.8 Å². The summed E-state index contributed by atoms with van der Waals surface area (Å²) < 4.78 is 0. The lowest BCUT2D eigenvalue weighted by Gasteiger charge is -2.46. The van der Waals surface area contributed by atoms with Crippen molar-refractivity contribution in [1.82, 2.24) is 29.8 Å². The molecule has 0 amide bonds. The van der Waals surface area contributed by atoms with Crippen LogP contribution in [0.2, 0.25) is 0 Å². The number of aromatic nitrogens is 5. The van der Waals surface area contributed by atoms with Gasteiger partial charge in [0.25, 0.3) is 0 Å². The number of pyridine rings is 3. The van der Waals surface area contributed by atoms with Gasteiger partial charge in [0.15, 0.2) is 5.82 Å². The number of likely N-dealkylation sites (tertiary alicyclic amines) is 1. The Hall–Kier alpha value is -4.82. The Morgan fingerprint density at radius 3 is 2.29 bits per heavy atom. The molecule has 8 nitrogen and oxygen atoms in total. The molecule has 4 aromatic heterocycles. The topological polar surface area (TPSA) is 94.6 Å². The minimum Gasteiger partial charge on any atom is -0.355 e. The van der Waals surface area contributed by atoms with E-state index in [9.17, 15) is 0 Å². The largest absolute Gasteiger partial charge is 0.355 e. The lowest BCUT2D eigenvalue weighted by atomic mass is 9.70. The number of piperidine rings is 1. The van der Waals surface area contributed by atoms with Gasteiger partial charge in [-0.2, -0.15) is 0 Å². The number of imidazole rings is 1. The minimum atomic E-state index is 0.117. The summed E-state index contributed by atoms with van der Waals surface area (Å²) in [5, 5.41) is 8.22. The smallest absolute Gasteiger partial charge is 0.157 e. The fourth-order valence-electron chi connectivity index (χ4n) is 6.94. The zero-order valence-corrected chi connectivity index (χ0v) is 26.8. The van der Waals surface area contributed by atoms with Crippen LogP contribution in [0.25, 0.3) is 33.5 Å². The van der Waals surface area contributed by atoms with Crippen molar-refractivity contribution in [3.63, 3.8) is 0 Å². The highest BCUT2D eigenvalue weighted by molar-refractivity contribution is 5.94. The molecule has 5 heterocycles. The number of hydrogen-bond acceptors (Lipinski definition) is 7. The maximum atomic E-state index is 4.85. The number of anilines is 4. The highest BCUT2D eigenvalue weighted by Gasteiger charge is 2.38. The minimum absolute atomic E-state index is 0.117. The molecule has 7 rings (SSSR count). The van der Waals surface area contributed by atoms with E-state index in [1.165, 1.54) is 5.56 Å². The second-order valence-corrected chi connectivity index (χ2v) is 13.1. The molecule has 1 aliphatic heterocycles. The number of benzene rings is 2. The number of fused-ring (bicyclic) bond motifs is 2. The van der Waals surface area contributed by atoms with Gasteiger partial charge < -0.3 is 20.5 Å². The van der Waals surface area contributed by atoms with E-state index in [2.05, 4.69) is 89.7 Å². The van der Waals surface area contributed by atoms with Crippen molar-refractivity contribution < 1.29 is 0 Å². The predicted octanol–water partition coefficient (Wildman–Crippen LogP) is 8.43.